The van der Waals surface area contributed by atoms with E-state index in [1.807, 2.05) is 36.5 Å². The van der Waals surface area contributed by atoms with E-state index in [0.29, 0.717) is 12.1 Å². The highest BCUT2D eigenvalue weighted by Crippen LogP contribution is 2.18. The molecule has 30 heavy (non-hydrogen) atoms. The van der Waals surface area contributed by atoms with Gasteiger partial charge in [-0.3, -0.25) is 9.69 Å². The maximum atomic E-state index is 13.0. The molecule has 1 aliphatic rings. The first-order valence-corrected chi connectivity index (χ1v) is 10.7. The van der Waals surface area contributed by atoms with Crippen molar-refractivity contribution in [2.24, 2.45) is 0 Å². The maximum absolute atomic E-state index is 13.0. The quantitative estimate of drug-likeness (QED) is 0.630. The summed E-state index contributed by atoms with van der Waals surface area (Å²) >= 11 is 0. The number of carbonyl (C=O) groups excluding carboxylic acids is 1. The lowest BCUT2D eigenvalue weighted by atomic mass is 10.1. The molecule has 2 aromatic heterocycles. The van der Waals surface area contributed by atoms with Crippen molar-refractivity contribution in [3.05, 3.63) is 53.9 Å². The minimum absolute atomic E-state index is 0.0223. The van der Waals surface area contributed by atoms with Crippen LogP contribution in [0.15, 0.2) is 42.6 Å². The molecule has 0 N–H and O–H groups in total. The highest BCUT2D eigenvalue weighted by Gasteiger charge is 2.20. The van der Waals surface area contributed by atoms with Gasteiger partial charge < -0.3 is 9.80 Å². The van der Waals surface area contributed by atoms with Gasteiger partial charge in [0.25, 0.3) is 5.91 Å². The number of anilines is 1. The van der Waals surface area contributed by atoms with E-state index in [-0.39, 0.29) is 5.91 Å². The number of fused-ring (bicyclic) bond motifs is 1. The Hall–Kier alpha value is -2.93. The number of aromatic nitrogens is 3. The van der Waals surface area contributed by atoms with Gasteiger partial charge in [-0.15, -0.1) is 0 Å². The molecule has 0 atom stereocenters. The Bertz CT molecular complexity index is 1010. The van der Waals surface area contributed by atoms with Crippen molar-refractivity contribution in [1.82, 2.24) is 24.6 Å². The third-order valence-electron chi connectivity index (χ3n) is 5.92. The fourth-order valence-electron chi connectivity index (χ4n) is 4.01. The van der Waals surface area contributed by atoms with Crippen LogP contribution in [0.2, 0.25) is 0 Å². The molecule has 1 aromatic carbocycles. The van der Waals surface area contributed by atoms with Crippen LogP contribution in [-0.2, 0) is 6.54 Å². The molecule has 0 bridgehead atoms. The fourth-order valence-corrected chi connectivity index (χ4v) is 4.01. The Morgan fingerprint density at radius 1 is 1.13 bits per heavy atom. The van der Waals surface area contributed by atoms with Crippen LogP contribution in [0.1, 0.15) is 23.0 Å². The molecule has 3 aromatic rings. The number of piperazine rings is 1. The van der Waals surface area contributed by atoms with E-state index in [1.54, 1.807) is 6.20 Å². The van der Waals surface area contributed by atoms with Crippen LogP contribution < -0.4 is 4.90 Å². The van der Waals surface area contributed by atoms with Gasteiger partial charge in [-0.2, -0.15) is 5.10 Å². The number of likely N-dealkylation sites (N-methyl/N-ethyl adjacent to an activating group) is 1. The number of carbonyl (C=O) groups is 1. The summed E-state index contributed by atoms with van der Waals surface area (Å²) < 4.78 is 1.86. The van der Waals surface area contributed by atoms with Gasteiger partial charge in [0.05, 0.1) is 17.5 Å². The summed E-state index contributed by atoms with van der Waals surface area (Å²) in [4.78, 5) is 24.3. The number of aryl methyl sites for hydroxylation is 2. The molecule has 0 spiro atoms. The van der Waals surface area contributed by atoms with Crippen molar-refractivity contribution in [2.75, 3.05) is 51.2 Å². The smallest absolute Gasteiger partial charge is 0.255 e. The summed E-state index contributed by atoms with van der Waals surface area (Å²) in [6.07, 6.45) is 1.79. The van der Waals surface area contributed by atoms with Crippen LogP contribution in [0.5, 0.6) is 0 Å². The van der Waals surface area contributed by atoms with E-state index < -0.39 is 0 Å². The van der Waals surface area contributed by atoms with Gasteiger partial charge in [-0.1, -0.05) is 18.2 Å². The second-order valence-electron chi connectivity index (χ2n) is 7.89. The molecule has 4 rings (SSSR count). The number of nitrogens with zero attached hydrogens (tertiary/aromatic N) is 6. The Labute approximate surface area is 177 Å². The van der Waals surface area contributed by atoms with Crippen molar-refractivity contribution in [3.63, 3.8) is 0 Å². The fraction of sp³-hybridized carbons (Fsp3) is 0.435. The van der Waals surface area contributed by atoms with Crippen molar-refractivity contribution >= 4 is 22.6 Å². The summed E-state index contributed by atoms with van der Waals surface area (Å²) in [5.74, 6) is 0.0223. The Kier molecular flexibility index (Phi) is 5.99. The summed E-state index contributed by atoms with van der Waals surface area (Å²) in [7, 11) is 1.88. The Morgan fingerprint density at radius 2 is 1.87 bits per heavy atom. The number of hydrogen-bond donors (Lipinski definition) is 0. The predicted octanol–water partition coefficient (Wildman–Crippen LogP) is 2.65. The molecule has 1 saturated heterocycles. The monoisotopic (exact) mass is 406 g/mol. The van der Waals surface area contributed by atoms with Crippen molar-refractivity contribution in [2.45, 2.75) is 20.4 Å². The van der Waals surface area contributed by atoms with Gasteiger partial charge in [0.15, 0.2) is 5.65 Å². The SMILES string of the molecule is CCn1ncc2cc(C(=O)N(C)CCN3CCN(c4ccccc4)CC3)c(C)nc21. The second kappa shape index (κ2) is 8.83. The molecule has 7 nitrogen and oxygen atoms in total. The molecule has 0 saturated carbocycles. The van der Waals surface area contributed by atoms with Crippen molar-refractivity contribution < 1.29 is 4.79 Å². The van der Waals surface area contributed by atoms with Gasteiger partial charge >= 0.3 is 0 Å². The second-order valence-corrected chi connectivity index (χ2v) is 7.89. The predicted molar refractivity (Wildman–Crippen MR) is 120 cm³/mol. The zero-order chi connectivity index (χ0) is 21.1. The number of hydrogen-bond acceptors (Lipinski definition) is 5. The van der Waals surface area contributed by atoms with Gasteiger partial charge in [0, 0.05) is 63.9 Å². The summed E-state index contributed by atoms with van der Waals surface area (Å²) in [6, 6.07) is 12.5. The first-order chi connectivity index (χ1) is 14.6. The molecule has 7 heteroatoms. The molecule has 1 fully saturated rings. The van der Waals surface area contributed by atoms with Gasteiger partial charge in [-0.05, 0) is 32.0 Å². The molecular weight excluding hydrogens is 376 g/mol. The molecule has 1 aliphatic heterocycles. The van der Waals surface area contributed by atoms with Crippen molar-refractivity contribution in [1.29, 1.82) is 0 Å². The highest BCUT2D eigenvalue weighted by atomic mass is 16.2. The summed E-state index contributed by atoms with van der Waals surface area (Å²) in [6.45, 7) is 10.3. The molecule has 1 amide bonds. The first-order valence-electron chi connectivity index (χ1n) is 10.7. The van der Waals surface area contributed by atoms with E-state index in [2.05, 4.69) is 50.2 Å². The lowest BCUT2D eigenvalue weighted by molar-refractivity contribution is 0.0775. The third-order valence-corrected chi connectivity index (χ3v) is 5.92. The van der Waals surface area contributed by atoms with Crippen molar-refractivity contribution in [3.8, 4) is 0 Å². The van der Waals surface area contributed by atoms with Crippen LogP contribution in [0.25, 0.3) is 11.0 Å². The average molecular weight is 407 g/mol. The average Bonchev–Trinajstić information content (AvgIpc) is 3.19. The molecule has 158 valence electrons. The minimum atomic E-state index is 0.0223. The van der Waals surface area contributed by atoms with E-state index in [0.717, 1.165) is 56.0 Å². The summed E-state index contributed by atoms with van der Waals surface area (Å²) in [5.41, 5.74) is 3.54. The third kappa shape index (κ3) is 4.16. The number of benzene rings is 1. The zero-order valence-electron chi connectivity index (χ0n) is 18.1. The number of para-hydroxylation sites is 1. The minimum Gasteiger partial charge on any atom is -0.369 e. The van der Waals surface area contributed by atoms with Gasteiger partial charge in [0.2, 0.25) is 0 Å². The largest absolute Gasteiger partial charge is 0.369 e. The van der Waals surface area contributed by atoms with E-state index in [1.165, 1.54) is 5.69 Å². The molecule has 0 unspecified atom stereocenters. The highest BCUT2D eigenvalue weighted by molar-refractivity contribution is 5.98. The number of pyridine rings is 1. The standard InChI is InChI=1S/C23H30N6O/c1-4-29-22-19(17-24-29)16-21(18(2)25-22)23(30)26(3)10-11-27-12-14-28(15-13-27)20-8-6-5-7-9-20/h5-9,16-17H,4,10-15H2,1-3H3. The molecular formula is C23H30N6O. The number of amides is 1. The van der Waals surface area contributed by atoms with Crippen LogP contribution in [-0.4, -0.2) is 76.8 Å². The van der Waals surface area contributed by atoms with Crippen LogP contribution >= 0.6 is 0 Å². The maximum Gasteiger partial charge on any atom is 0.255 e. The zero-order valence-corrected chi connectivity index (χ0v) is 18.1. The summed E-state index contributed by atoms with van der Waals surface area (Å²) in [5, 5.41) is 5.26. The molecule has 0 radical (unpaired) electrons. The van der Waals surface area contributed by atoms with E-state index in [4.69, 9.17) is 0 Å². The van der Waals surface area contributed by atoms with Crippen LogP contribution in [0.3, 0.4) is 0 Å². The molecule has 0 aliphatic carbocycles. The van der Waals surface area contributed by atoms with Crippen LogP contribution in [0.4, 0.5) is 5.69 Å². The van der Waals surface area contributed by atoms with E-state index in [9.17, 15) is 4.79 Å². The number of rotatable bonds is 6. The van der Waals surface area contributed by atoms with Crippen LogP contribution in [0, 0.1) is 6.92 Å². The lowest BCUT2D eigenvalue weighted by Gasteiger charge is -2.36. The van der Waals surface area contributed by atoms with Gasteiger partial charge in [-0.25, -0.2) is 9.67 Å². The Morgan fingerprint density at radius 3 is 2.57 bits per heavy atom. The first kappa shape index (κ1) is 20.3. The van der Waals surface area contributed by atoms with Gasteiger partial charge in [0.1, 0.15) is 0 Å². The molecule has 3 heterocycles. The lowest BCUT2D eigenvalue weighted by Crippen LogP contribution is -2.48. The Balaban J connectivity index is 1.33. The van der Waals surface area contributed by atoms with E-state index >= 15 is 0 Å². The topological polar surface area (TPSA) is 57.5 Å². The normalized spacial score (nSPS) is 15.0.